The summed E-state index contributed by atoms with van der Waals surface area (Å²) in [4.78, 5) is 16.9. The van der Waals surface area contributed by atoms with Crippen LogP contribution in [0.2, 0.25) is 0 Å². The second kappa shape index (κ2) is 9.05. The Labute approximate surface area is 180 Å². The van der Waals surface area contributed by atoms with Crippen molar-refractivity contribution < 1.29 is 4.79 Å². The van der Waals surface area contributed by atoms with Crippen LogP contribution in [-0.2, 0) is 17.6 Å². The molecule has 0 bridgehead atoms. The van der Waals surface area contributed by atoms with Crippen molar-refractivity contribution >= 4 is 17.2 Å². The smallest absolute Gasteiger partial charge is 0.224 e. The molecule has 0 spiro atoms. The molecule has 0 fully saturated rings. The zero-order valence-electron chi connectivity index (χ0n) is 17.1. The van der Waals surface area contributed by atoms with E-state index in [9.17, 15) is 4.79 Å². The minimum Gasteiger partial charge on any atom is -0.355 e. The molecule has 0 radical (unpaired) electrons. The summed E-state index contributed by atoms with van der Waals surface area (Å²) in [7, 11) is 0. The molecular formula is C24H24N4OS. The van der Waals surface area contributed by atoms with Crippen molar-refractivity contribution in [1.29, 1.82) is 0 Å². The third-order valence-electron chi connectivity index (χ3n) is 4.86. The molecule has 0 aliphatic carbocycles. The van der Waals surface area contributed by atoms with Gasteiger partial charge >= 0.3 is 0 Å². The van der Waals surface area contributed by atoms with Crippen molar-refractivity contribution in [2.75, 3.05) is 6.54 Å². The molecule has 0 saturated carbocycles. The van der Waals surface area contributed by atoms with Gasteiger partial charge in [0.2, 0.25) is 11.0 Å². The van der Waals surface area contributed by atoms with Gasteiger partial charge in [0, 0.05) is 24.0 Å². The molecule has 30 heavy (non-hydrogen) atoms. The number of aryl methyl sites for hydroxylation is 2. The van der Waals surface area contributed by atoms with Crippen LogP contribution >= 0.6 is 11.3 Å². The number of benzene rings is 2. The van der Waals surface area contributed by atoms with Gasteiger partial charge in [0.25, 0.3) is 0 Å². The Morgan fingerprint density at radius 1 is 1.03 bits per heavy atom. The molecule has 0 unspecified atom stereocenters. The third-order valence-corrected chi connectivity index (χ3v) is 5.72. The molecule has 4 rings (SSSR count). The Bertz CT molecular complexity index is 1130. The van der Waals surface area contributed by atoms with Gasteiger partial charge in [-0.05, 0) is 36.6 Å². The lowest BCUT2D eigenvalue weighted by molar-refractivity contribution is -0.120. The van der Waals surface area contributed by atoms with Crippen LogP contribution < -0.4 is 5.32 Å². The lowest BCUT2D eigenvalue weighted by atomic mass is 10.0. The van der Waals surface area contributed by atoms with Gasteiger partial charge in [-0.1, -0.05) is 54.6 Å². The molecule has 0 atom stereocenters. The second-order valence-corrected chi connectivity index (χ2v) is 8.14. The van der Waals surface area contributed by atoms with Crippen LogP contribution in [0.25, 0.3) is 16.3 Å². The van der Waals surface area contributed by atoms with E-state index in [-0.39, 0.29) is 5.91 Å². The van der Waals surface area contributed by atoms with Crippen molar-refractivity contribution in [3.63, 3.8) is 0 Å². The maximum absolute atomic E-state index is 12.3. The fraction of sp³-hybridized carbons (Fsp3) is 0.208. The quantitative estimate of drug-likeness (QED) is 0.482. The first kappa shape index (κ1) is 20.0. The summed E-state index contributed by atoms with van der Waals surface area (Å²) >= 11 is 1.57. The highest BCUT2D eigenvalue weighted by molar-refractivity contribution is 7.12. The molecule has 2 aromatic heterocycles. The second-order valence-electron chi connectivity index (χ2n) is 7.30. The molecule has 4 aromatic rings. The van der Waals surface area contributed by atoms with Gasteiger partial charge in [-0.2, -0.15) is 5.10 Å². The van der Waals surface area contributed by atoms with E-state index in [2.05, 4.69) is 39.7 Å². The van der Waals surface area contributed by atoms with E-state index in [1.165, 1.54) is 5.56 Å². The van der Waals surface area contributed by atoms with Gasteiger partial charge in [0.15, 0.2) is 0 Å². The summed E-state index contributed by atoms with van der Waals surface area (Å²) in [5.74, 6) is 0.0245. The molecule has 6 heteroatoms. The highest BCUT2D eigenvalue weighted by Crippen LogP contribution is 2.19. The highest BCUT2D eigenvalue weighted by atomic mass is 32.1. The van der Waals surface area contributed by atoms with Gasteiger partial charge in [0.1, 0.15) is 0 Å². The number of thiazole rings is 1. The number of aromatic nitrogens is 3. The Balaban J connectivity index is 1.27. The normalized spacial score (nSPS) is 10.9. The van der Waals surface area contributed by atoms with E-state index in [1.807, 2.05) is 60.3 Å². The fourth-order valence-electron chi connectivity index (χ4n) is 3.35. The Morgan fingerprint density at radius 2 is 1.77 bits per heavy atom. The minimum absolute atomic E-state index is 0.0245. The Hall–Kier alpha value is -3.25. The number of hydrogen-bond acceptors (Lipinski definition) is 4. The summed E-state index contributed by atoms with van der Waals surface area (Å²) in [5, 5.41) is 10.4. The highest BCUT2D eigenvalue weighted by Gasteiger charge is 2.09. The van der Waals surface area contributed by atoms with Crippen molar-refractivity contribution in [3.05, 3.63) is 88.7 Å². The molecule has 152 valence electrons. The van der Waals surface area contributed by atoms with E-state index in [4.69, 9.17) is 0 Å². The van der Waals surface area contributed by atoms with E-state index in [0.717, 1.165) is 33.3 Å². The van der Waals surface area contributed by atoms with Crippen LogP contribution in [-0.4, -0.2) is 27.2 Å². The molecule has 1 N–H and O–H groups in total. The molecular weight excluding hydrogens is 392 g/mol. The summed E-state index contributed by atoms with van der Waals surface area (Å²) < 4.78 is 1.86. The SMILES string of the molecule is Cc1cc(C)n(-c2nc(CCNC(=O)Cc3ccc(-c4ccccc4)cc3)cs2)n1. The zero-order chi connectivity index (χ0) is 20.9. The number of nitrogens with zero attached hydrogens (tertiary/aromatic N) is 3. The number of nitrogens with one attached hydrogen (secondary N) is 1. The van der Waals surface area contributed by atoms with Gasteiger partial charge in [-0.3, -0.25) is 4.79 Å². The lowest BCUT2D eigenvalue weighted by Gasteiger charge is -2.06. The standard InChI is InChI=1S/C24H24N4OS/c1-17-14-18(2)28(27-17)24-26-22(16-30-24)12-13-25-23(29)15-19-8-10-21(11-9-19)20-6-4-3-5-7-20/h3-11,14,16H,12-13,15H2,1-2H3,(H,25,29). The minimum atomic E-state index is 0.0245. The van der Waals surface area contributed by atoms with Gasteiger partial charge in [0.05, 0.1) is 17.8 Å². The van der Waals surface area contributed by atoms with E-state index >= 15 is 0 Å². The maximum Gasteiger partial charge on any atom is 0.224 e. The zero-order valence-corrected chi connectivity index (χ0v) is 17.9. The van der Waals surface area contributed by atoms with Crippen molar-refractivity contribution in [2.24, 2.45) is 0 Å². The molecule has 2 aromatic carbocycles. The first-order valence-corrected chi connectivity index (χ1v) is 10.9. The predicted molar refractivity (Wildman–Crippen MR) is 121 cm³/mol. The Morgan fingerprint density at radius 3 is 2.47 bits per heavy atom. The number of carbonyl (C=O) groups is 1. The molecule has 5 nitrogen and oxygen atoms in total. The van der Waals surface area contributed by atoms with Gasteiger partial charge in [-0.15, -0.1) is 11.3 Å². The number of amides is 1. The molecule has 0 saturated heterocycles. The number of carbonyl (C=O) groups excluding carboxylic acids is 1. The van der Waals surface area contributed by atoms with E-state index in [1.54, 1.807) is 11.3 Å². The Kier molecular flexibility index (Phi) is 6.05. The summed E-state index contributed by atoms with van der Waals surface area (Å²) in [6.07, 6.45) is 1.08. The summed E-state index contributed by atoms with van der Waals surface area (Å²) in [6.45, 7) is 4.57. The number of rotatable bonds is 7. The molecule has 0 aliphatic heterocycles. The average Bonchev–Trinajstić information content (AvgIpc) is 3.35. The van der Waals surface area contributed by atoms with E-state index in [0.29, 0.717) is 19.4 Å². The van der Waals surface area contributed by atoms with Crippen LogP contribution in [0.5, 0.6) is 0 Å². The molecule has 1 amide bonds. The first-order valence-electron chi connectivity index (χ1n) is 9.97. The third kappa shape index (κ3) is 4.83. The first-order chi connectivity index (χ1) is 14.6. The molecule has 2 heterocycles. The van der Waals surface area contributed by atoms with Gasteiger partial charge < -0.3 is 5.32 Å². The van der Waals surface area contributed by atoms with Crippen LogP contribution in [0.4, 0.5) is 0 Å². The van der Waals surface area contributed by atoms with E-state index < -0.39 is 0 Å². The molecule has 0 aliphatic rings. The topological polar surface area (TPSA) is 59.8 Å². The predicted octanol–water partition coefficient (Wildman–Crippen LogP) is 4.51. The number of hydrogen-bond donors (Lipinski definition) is 1. The van der Waals surface area contributed by atoms with Crippen LogP contribution in [0.15, 0.2) is 66.0 Å². The fourth-order valence-corrected chi connectivity index (χ4v) is 4.22. The van der Waals surface area contributed by atoms with Crippen molar-refractivity contribution in [3.8, 4) is 16.3 Å². The van der Waals surface area contributed by atoms with Gasteiger partial charge in [-0.25, -0.2) is 9.67 Å². The monoisotopic (exact) mass is 416 g/mol. The van der Waals surface area contributed by atoms with Crippen molar-refractivity contribution in [2.45, 2.75) is 26.7 Å². The van der Waals surface area contributed by atoms with Crippen LogP contribution in [0.3, 0.4) is 0 Å². The maximum atomic E-state index is 12.3. The largest absolute Gasteiger partial charge is 0.355 e. The summed E-state index contributed by atoms with van der Waals surface area (Å²) in [6, 6.07) is 20.4. The summed E-state index contributed by atoms with van der Waals surface area (Å²) in [5.41, 5.74) is 6.36. The van der Waals surface area contributed by atoms with Crippen LogP contribution in [0, 0.1) is 13.8 Å². The van der Waals surface area contributed by atoms with Crippen LogP contribution in [0.1, 0.15) is 22.6 Å². The van der Waals surface area contributed by atoms with Crippen molar-refractivity contribution in [1.82, 2.24) is 20.1 Å². The lowest BCUT2D eigenvalue weighted by Crippen LogP contribution is -2.27. The average molecular weight is 417 g/mol.